The van der Waals surface area contributed by atoms with Gasteiger partial charge < -0.3 is 21.1 Å². The Morgan fingerprint density at radius 2 is 2.14 bits per heavy atom. The number of para-hydroxylation sites is 1. The number of primary amides is 1. The van der Waals surface area contributed by atoms with Crippen molar-refractivity contribution in [1.82, 2.24) is 10.6 Å². The van der Waals surface area contributed by atoms with Crippen LogP contribution >= 0.6 is 12.4 Å². The summed E-state index contributed by atoms with van der Waals surface area (Å²) in [5, 5.41) is 6.33. The van der Waals surface area contributed by atoms with Crippen molar-refractivity contribution in [3.05, 3.63) is 29.8 Å². The fourth-order valence-electron chi connectivity index (χ4n) is 2.40. The second-order valence-corrected chi connectivity index (χ2v) is 5.30. The molecule has 4 N–H and O–H groups in total. The lowest BCUT2D eigenvalue weighted by Crippen LogP contribution is -2.48. The van der Waals surface area contributed by atoms with Gasteiger partial charge in [-0.25, -0.2) is 0 Å². The number of amides is 2. The topological polar surface area (TPSA) is 93.4 Å². The molecule has 122 valence electrons. The standard InChI is InChI=1S/C15H21N3O3.ClH/c1-10-8-17-7-6-12(10)18-15(20)11-4-2-3-5-13(11)21-9-14(16)19;/h2-5,10,12,17H,6-9H2,1H3,(H2,16,19)(H,18,20);1H. The first-order valence-corrected chi connectivity index (χ1v) is 7.09. The van der Waals surface area contributed by atoms with Crippen molar-refractivity contribution < 1.29 is 14.3 Å². The van der Waals surface area contributed by atoms with E-state index in [0.29, 0.717) is 17.2 Å². The van der Waals surface area contributed by atoms with Crippen molar-refractivity contribution in [2.75, 3.05) is 19.7 Å². The van der Waals surface area contributed by atoms with Gasteiger partial charge in [-0.15, -0.1) is 12.4 Å². The zero-order valence-electron chi connectivity index (χ0n) is 12.5. The molecule has 7 heteroatoms. The maximum Gasteiger partial charge on any atom is 0.255 e. The van der Waals surface area contributed by atoms with Gasteiger partial charge >= 0.3 is 0 Å². The number of carbonyl (C=O) groups is 2. The lowest BCUT2D eigenvalue weighted by atomic mass is 9.95. The number of ether oxygens (including phenoxy) is 1. The molecule has 1 saturated heterocycles. The molecule has 0 saturated carbocycles. The summed E-state index contributed by atoms with van der Waals surface area (Å²) in [6.45, 7) is 3.65. The van der Waals surface area contributed by atoms with Gasteiger partial charge in [0.25, 0.3) is 11.8 Å². The summed E-state index contributed by atoms with van der Waals surface area (Å²) in [5.41, 5.74) is 5.48. The second kappa shape index (κ2) is 8.60. The first-order valence-electron chi connectivity index (χ1n) is 7.09. The minimum Gasteiger partial charge on any atom is -0.483 e. The Morgan fingerprint density at radius 1 is 1.41 bits per heavy atom. The van der Waals surface area contributed by atoms with E-state index in [0.717, 1.165) is 19.5 Å². The van der Waals surface area contributed by atoms with Crippen molar-refractivity contribution in [3.63, 3.8) is 0 Å². The number of hydrogen-bond donors (Lipinski definition) is 3. The van der Waals surface area contributed by atoms with E-state index >= 15 is 0 Å². The third kappa shape index (κ3) is 4.89. The van der Waals surface area contributed by atoms with Crippen LogP contribution in [0.2, 0.25) is 0 Å². The van der Waals surface area contributed by atoms with Gasteiger partial charge in [0.05, 0.1) is 5.56 Å². The molecule has 1 fully saturated rings. The maximum atomic E-state index is 12.4. The lowest BCUT2D eigenvalue weighted by Gasteiger charge is -2.30. The monoisotopic (exact) mass is 327 g/mol. The third-order valence-corrected chi connectivity index (χ3v) is 3.60. The number of nitrogens with two attached hydrogens (primary N) is 1. The van der Waals surface area contributed by atoms with Crippen LogP contribution in [-0.2, 0) is 4.79 Å². The number of nitrogens with one attached hydrogen (secondary N) is 2. The van der Waals surface area contributed by atoms with E-state index in [1.807, 2.05) is 0 Å². The highest BCUT2D eigenvalue weighted by Crippen LogP contribution is 2.19. The normalized spacial score (nSPS) is 20.6. The zero-order chi connectivity index (χ0) is 15.2. The smallest absolute Gasteiger partial charge is 0.255 e. The molecule has 0 aromatic heterocycles. The molecule has 0 radical (unpaired) electrons. The molecular formula is C15H22ClN3O3. The molecule has 1 aliphatic heterocycles. The number of carbonyl (C=O) groups excluding carboxylic acids is 2. The summed E-state index contributed by atoms with van der Waals surface area (Å²) >= 11 is 0. The summed E-state index contributed by atoms with van der Waals surface area (Å²) in [6.07, 6.45) is 0.900. The molecule has 1 heterocycles. The maximum absolute atomic E-state index is 12.4. The van der Waals surface area contributed by atoms with Crippen LogP contribution in [-0.4, -0.2) is 37.6 Å². The van der Waals surface area contributed by atoms with Crippen LogP contribution in [0.5, 0.6) is 5.75 Å². The van der Waals surface area contributed by atoms with Gasteiger partial charge in [-0.05, 0) is 37.6 Å². The van der Waals surface area contributed by atoms with E-state index in [9.17, 15) is 9.59 Å². The van der Waals surface area contributed by atoms with Crippen LogP contribution in [0.15, 0.2) is 24.3 Å². The van der Waals surface area contributed by atoms with Gasteiger partial charge in [-0.2, -0.15) is 0 Å². The molecule has 1 aliphatic rings. The minimum atomic E-state index is -0.572. The Bertz CT molecular complexity index is 525. The van der Waals surface area contributed by atoms with Gasteiger partial charge in [-0.1, -0.05) is 19.1 Å². The third-order valence-electron chi connectivity index (χ3n) is 3.60. The Labute approximate surface area is 136 Å². The van der Waals surface area contributed by atoms with E-state index < -0.39 is 5.91 Å². The quantitative estimate of drug-likeness (QED) is 0.742. The van der Waals surface area contributed by atoms with Crippen molar-refractivity contribution in [3.8, 4) is 5.75 Å². The summed E-state index contributed by atoms with van der Waals surface area (Å²) in [7, 11) is 0. The Kier molecular flexibility index (Phi) is 7.14. The van der Waals surface area contributed by atoms with Crippen molar-refractivity contribution in [2.24, 2.45) is 11.7 Å². The average Bonchev–Trinajstić information content (AvgIpc) is 2.47. The van der Waals surface area contributed by atoms with Crippen molar-refractivity contribution in [1.29, 1.82) is 0 Å². The molecule has 0 aliphatic carbocycles. The molecular weight excluding hydrogens is 306 g/mol. The lowest BCUT2D eigenvalue weighted by molar-refractivity contribution is -0.119. The summed E-state index contributed by atoms with van der Waals surface area (Å²) in [5.74, 6) is -0.0113. The largest absolute Gasteiger partial charge is 0.483 e. The van der Waals surface area contributed by atoms with Gasteiger partial charge in [0, 0.05) is 6.04 Å². The van der Waals surface area contributed by atoms with Crippen LogP contribution in [0.1, 0.15) is 23.7 Å². The summed E-state index contributed by atoms with van der Waals surface area (Å²) in [6, 6.07) is 6.99. The van der Waals surface area contributed by atoms with Crippen LogP contribution in [0.3, 0.4) is 0 Å². The fraction of sp³-hybridized carbons (Fsp3) is 0.467. The zero-order valence-corrected chi connectivity index (χ0v) is 13.3. The van der Waals surface area contributed by atoms with Crippen LogP contribution in [0.25, 0.3) is 0 Å². The molecule has 22 heavy (non-hydrogen) atoms. The Morgan fingerprint density at radius 3 is 2.82 bits per heavy atom. The van der Waals surface area contributed by atoms with Crippen molar-refractivity contribution >= 4 is 24.2 Å². The first-order chi connectivity index (χ1) is 10.1. The molecule has 1 aromatic rings. The van der Waals surface area contributed by atoms with E-state index in [4.69, 9.17) is 10.5 Å². The summed E-state index contributed by atoms with van der Waals surface area (Å²) < 4.78 is 5.29. The predicted octanol–water partition coefficient (Wildman–Crippen LogP) is 0.700. The highest BCUT2D eigenvalue weighted by molar-refractivity contribution is 5.97. The van der Waals surface area contributed by atoms with E-state index in [2.05, 4.69) is 17.6 Å². The molecule has 0 bridgehead atoms. The van der Waals surface area contributed by atoms with Crippen molar-refractivity contribution in [2.45, 2.75) is 19.4 Å². The average molecular weight is 328 g/mol. The molecule has 2 unspecified atom stereocenters. The number of benzene rings is 1. The second-order valence-electron chi connectivity index (χ2n) is 5.30. The van der Waals surface area contributed by atoms with Crippen LogP contribution < -0.4 is 21.1 Å². The van der Waals surface area contributed by atoms with Gasteiger partial charge in [0.15, 0.2) is 6.61 Å². The number of hydrogen-bond acceptors (Lipinski definition) is 4. The van der Waals surface area contributed by atoms with Crippen LogP contribution in [0.4, 0.5) is 0 Å². The SMILES string of the molecule is CC1CNCCC1NC(=O)c1ccccc1OCC(N)=O.Cl. The number of piperidine rings is 1. The van der Waals surface area contributed by atoms with E-state index in [1.54, 1.807) is 24.3 Å². The number of halogens is 1. The molecule has 0 spiro atoms. The van der Waals surface area contributed by atoms with Gasteiger partial charge in [0.1, 0.15) is 5.75 Å². The molecule has 1 aromatic carbocycles. The molecule has 6 nitrogen and oxygen atoms in total. The van der Waals surface area contributed by atoms with E-state index in [-0.39, 0.29) is 31.0 Å². The molecule has 2 atom stereocenters. The highest BCUT2D eigenvalue weighted by Gasteiger charge is 2.24. The fourth-order valence-corrected chi connectivity index (χ4v) is 2.40. The minimum absolute atomic E-state index is 0. The Balaban J connectivity index is 0.00000242. The first kappa shape index (κ1) is 18.3. The molecule has 2 rings (SSSR count). The summed E-state index contributed by atoms with van der Waals surface area (Å²) in [4.78, 5) is 23.2. The van der Waals surface area contributed by atoms with Gasteiger partial charge in [-0.3, -0.25) is 9.59 Å². The van der Waals surface area contributed by atoms with Crippen LogP contribution in [0, 0.1) is 5.92 Å². The highest BCUT2D eigenvalue weighted by atomic mass is 35.5. The molecule has 2 amide bonds. The van der Waals surface area contributed by atoms with Gasteiger partial charge in [0.2, 0.25) is 0 Å². The predicted molar refractivity (Wildman–Crippen MR) is 86.3 cm³/mol. The number of rotatable bonds is 5. The Hall–Kier alpha value is -1.79. The van der Waals surface area contributed by atoms with E-state index in [1.165, 1.54) is 0 Å².